The van der Waals surface area contributed by atoms with E-state index in [1.54, 1.807) is 19.9 Å². The Bertz CT molecular complexity index is 515. The van der Waals surface area contributed by atoms with Crippen molar-refractivity contribution in [1.29, 1.82) is 0 Å². The lowest BCUT2D eigenvalue weighted by Crippen LogP contribution is -2.13. The van der Waals surface area contributed by atoms with Gasteiger partial charge in [-0.1, -0.05) is 6.08 Å². The normalized spacial score (nSPS) is 14.6. The lowest BCUT2D eigenvalue weighted by Gasteiger charge is -2.06. The van der Waals surface area contributed by atoms with Crippen LogP contribution in [0, 0.1) is 0 Å². The molecule has 0 unspecified atom stereocenters. The molecule has 2 rings (SSSR count). The van der Waals surface area contributed by atoms with E-state index < -0.39 is 0 Å². The van der Waals surface area contributed by atoms with Gasteiger partial charge in [-0.3, -0.25) is 4.79 Å². The predicted octanol–water partition coefficient (Wildman–Crippen LogP) is 3.32. The summed E-state index contributed by atoms with van der Waals surface area (Å²) in [6.07, 6.45) is 5.30. The summed E-state index contributed by atoms with van der Waals surface area (Å²) < 4.78 is 5.09. The average molecular weight is 279 g/mol. The van der Waals surface area contributed by atoms with Crippen LogP contribution < -0.4 is 5.32 Å². The Balaban J connectivity index is 2.27. The minimum absolute atomic E-state index is 0.225. The number of rotatable bonds is 5. The maximum Gasteiger partial charge on any atom is 0.341 e. The number of thiophene rings is 1. The molecule has 1 saturated carbocycles. The number of ether oxygens (including phenoxy) is 1. The van der Waals surface area contributed by atoms with Crippen LogP contribution in [-0.4, -0.2) is 18.5 Å². The number of esters is 1. The average Bonchev–Trinajstić information content (AvgIpc) is 3.12. The van der Waals surface area contributed by atoms with Gasteiger partial charge in [-0.15, -0.1) is 11.3 Å². The third kappa shape index (κ3) is 3.23. The highest BCUT2D eigenvalue weighted by Gasteiger charge is 2.32. The van der Waals surface area contributed by atoms with Crippen LogP contribution in [0.3, 0.4) is 0 Å². The molecule has 1 amide bonds. The first-order valence-electron chi connectivity index (χ1n) is 6.39. The first kappa shape index (κ1) is 13.8. The molecular weight excluding hydrogens is 262 g/mol. The summed E-state index contributed by atoms with van der Waals surface area (Å²) in [5.74, 6) is -0.123. The second-order valence-corrected chi connectivity index (χ2v) is 5.26. The summed E-state index contributed by atoms with van der Waals surface area (Å²) in [5, 5.41) is 5.29. The van der Waals surface area contributed by atoms with Gasteiger partial charge in [-0.05, 0) is 49.6 Å². The van der Waals surface area contributed by atoms with Crippen molar-refractivity contribution in [2.24, 2.45) is 0 Å². The largest absolute Gasteiger partial charge is 0.462 e. The number of nitrogens with one attached hydrogen (secondary N) is 1. The number of carbonyl (C=O) groups excluding carboxylic acids is 2. The van der Waals surface area contributed by atoms with Gasteiger partial charge in [0.25, 0.3) is 0 Å². The minimum Gasteiger partial charge on any atom is -0.462 e. The molecule has 1 aliphatic rings. The summed E-state index contributed by atoms with van der Waals surface area (Å²) >= 11 is 1.39. The zero-order chi connectivity index (χ0) is 13.8. The SMILES string of the molecule is C/C=C\C(=O)Nc1scc(C2CC2)c1C(=O)OCC. The zero-order valence-corrected chi connectivity index (χ0v) is 11.9. The van der Waals surface area contributed by atoms with Crippen LogP contribution >= 0.6 is 11.3 Å². The van der Waals surface area contributed by atoms with Crippen molar-refractivity contribution in [2.45, 2.75) is 32.6 Å². The molecule has 1 aromatic rings. The number of carbonyl (C=O) groups is 2. The van der Waals surface area contributed by atoms with E-state index in [-0.39, 0.29) is 11.9 Å². The van der Waals surface area contributed by atoms with Crippen molar-refractivity contribution in [2.75, 3.05) is 11.9 Å². The highest BCUT2D eigenvalue weighted by molar-refractivity contribution is 7.15. The van der Waals surface area contributed by atoms with E-state index in [1.807, 2.05) is 5.38 Å². The van der Waals surface area contributed by atoms with Crippen LogP contribution in [-0.2, 0) is 9.53 Å². The Morgan fingerprint density at radius 3 is 2.84 bits per heavy atom. The lowest BCUT2D eigenvalue weighted by atomic mass is 10.1. The Morgan fingerprint density at radius 1 is 1.53 bits per heavy atom. The minimum atomic E-state index is -0.346. The van der Waals surface area contributed by atoms with Crippen molar-refractivity contribution in [1.82, 2.24) is 0 Å². The molecule has 0 bridgehead atoms. The maximum absolute atomic E-state index is 12.0. The molecule has 0 atom stereocenters. The molecule has 102 valence electrons. The molecule has 1 aliphatic carbocycles. The summed E-state index contributed by atoms with van der Waals surface area (Å²) in [4.78, 5) is 23.6. The number of hydrogen-bond acceptors (Lipinski definition) is 4. The Labute approximate surface area is 116 Å². The first-order chi connectivity index (χ1) is 9.17. The third-order valence-electron chi connectivity index (χ3n) is 2.87. The Morgan fingerprint density at radius 2 is 2.26 bits per heavy atom. The van der Waals surface area contributed by atoms with Crippen LogP contribution in [0.2, 0.25) is 0 Å². The maximum atomic E-state index is 12.0. The molecule has 1 N–H and O–H groups in total. The van der Waals surface area contributed by atoms with Gasteiger partial charge in [0.05, 0.1) is 12.2 Å². The smallest absolute Gasteiger partial charge is 0.341 e. The zero-order valence-electron chi connectivity index (χ0n) is 11.1. The molecule has 0 aromatic carbocycles. The van der Waals surface area contributed by atoms with Gasteiger partial charge in [0, 0.05) is 0 Å². The molecule has 1 heterocycles. The van der Waals surface area contributed by atoms with Crippen LogP contribution in [0.1, 0.15) is 48.5 Å². The van der Waals surface area contributed by atoms with E-state index in [4.69, 9.17) is 4.74 Å². The molecule has 1 fully saturated rings. The van der Waals surface area contributed by atoms with Gasteiger partial charge < -0.3 is 10.1 Å². The monoisotopic (exact) mass is 279 g/mol. The molecule has 0 aliphatic heterocycles. The number of allylic oxidation sites excluding steroid dienone is 1. The fraction of sp³-hybridized carbons (Fsp3) is 0.429. The van der Waals surface area contributed by atoms with Gasteiger partial charge in [-0.25, -0.2) is 4.79 Å². The standard InChI is InChI=1S/C14H17NO3S/c1-3-5-11(16)15-13-12(14(17)18-4-2)10(8-19-13)9-6-7-9/h3,5,8-9H,4,6-7H2,1-2H3,(H,15,16)/b5-3-. The van der Waals surface area contributed by atoms with Crippen molar-refractivity contribution < 1.29 is 14.3 Å². The second kappa shape index (κ2) is 6.02. The quantitative estimate of drug-likeness (QED) is 0.664. The molecular formula is C14H17NO3S. The number of hydrogen-bond donors (Lipinski definition) is 1. The molecule has 1 aromatic heterocycles. The molecule has 0 radical (unpaired) electrons. The summed E-state index contributed by atoms with van der Waals surface area (Å²) in [7, 11) is 0. The van der Waals surface area contributed by atoms with Crippen molar-refractivity contribution >= 4 is 28.2 Å². The highest BCUT2D eigenvalue weighted by Crippen LogP contribution is 2.46. The molecule has 0 spiro atoms. The highest BCUT2D eigenvalue weighted by atomic mass is 32.1. The molecule has 19 heavy (non-hydrogen) atoms. The third-order valence-corrected chi connectivity index (χ3v) is 3.78. The van der Waals surface area contributed by atoms with E-state index in [9.17, 15) is 9.59 Å². The second-order valence-electron chi connectivity index (χ2n) is 4.38. The molecule has 5 heteroatoms. The van der Waals surface area contributed by atoms with Gasteiger partial charge >= 0.3 is 5.97 Å². The van der Waals surface area contributed by atoms with Crippen LogP contribution in [0.4, 0.5) is 5.00 Å². The lowest BCUT2D eigenvalue weighted by molar-refractivity contribution is -0.111. The van der Waals surface area contributed by atoms with E-state index in [2.05, 4.69) is 5.32 Å². The first-order valence-corrected chi connectivity index (χ1v) is 7.27. The van der Waals surface area contributed by atoms with Crippen molar-refractivity contribution in [3.63, 3.8) is 0 Å². The fourth-order valence-electron chi connectivity index (χ4n) is 1.88. The number of amides is 1. The van der Waals surface area contributed by atoms with Crippen molar-refractivity contribution in [3.05, 3.63) is 28.7 Å². The van der Waals surface area contributed by atoms with Gasteiger partial charge in [-0.2, -0.15) is 0 Å². The van der Waals surface area contributed by atoms with Crippen molar-refractivity contribution in [3.8, 4) is 0 Å². The van der Waals surface area contributed by atoms with Gasteiger partial charge in [0.2, 0.25) is 5.91 Å². The van der Waals surface area contributed by atoms with Crippen LogP contribution in [0.15, 0.2) is 17.5 Å². The summed E-state index contributed by atoms with van der Waals surface area (Å²) in [6.45, 7) is 3.88. The Hall–Kier alpha value is -1.62. The van der Waals surface area contributed by atoms with E-state index in [0.29, 0.717) is 23.1 Å². The Kier molecular flexibility index (Phi) is 4.37. The van der Waals surface area contributed by atoms with E-state index in [0.717, 1.165) is 18.4 Å². The van der Waals surface area contributed by atoms with E-state index in [1.165, 1.54) is 17.4 Å². The summed E-state index contributed by atoms with van der Waals surface area (Å²) in [6, 6.07) is 0. The molecule has 4 nitrogen and oxygen atoms in total. The topological polar surface area (TPSA) is 55.4 Å². The van der Waals surface area contributed by atoms with Crippen LogP contribution in [0.5, 0.6) is 0 Å². The van der Waals surface area contributed by atoms with Gasteiger partial charge in [0.15, 0.2) is 0 Å². The summed E-state index contributed by atoms with van der Waals surface area (Å²) in [5.41, 5.74) is 1.55. The number of anilines is 1. The fourth-order valence-corrected chi connectivity index (χ4v) is 2.91. The van der Waals surface area contributed by atoms with Crippen LogP contribution in [0.25, 0.3) is 0 Å². The predicted molar refractivity (Wildman–Crippen MR) is 75.7 cm³/mol. The van der Waals surface area contributed by atoms with Gasteiger partial charge in [0.1, 0.15) is 5.00 Å². The molecule has 0 saturated heterocycles. The van der Waals surface area contributed by atoms with E-state index >= 15 is 0 Å².